The van der Waals surface area contributed by atoms with E-state index in [1.54, 1.807) is 11.6 Å². The summed E-state index contributed by atoms with van der Waals surface area (Å²) in [6, 6.07) is 4.60. The van der Waals surface area contributed by atoms with Crippen molar-refractivity contribution in [3.8, 4) is 11.1 Å². The highest BCUT2D eigenvalue weighted by molar-refractivity contribution is 7.83. The molecule has 1 fully saturated rings. The fourth-order valence-electron chi connectivity index (χ4n) is 4.62. The van der Waals surface area contributed by atoms with E-state index >= 15 is 4.39 Å². The molecule has 0 aromatic heterocycles. The van der Waals surface area contributed by atoms with Gasteiger partial charge < -0.3 is 14.9 Å². The number of carbonyl (C=O) groups excluding carboxylic acids is 2. The number of nitrogens with one attached hydrogen (secondary N) is 1. The molecule has 1 amide bonds. The molecule has 1 aliphatic rings. The Balaban J connectivity index is 2.09. The van der Waals surface area contributed by atoms with Gasteiger partial charge in [0.1, 0.15) is 11.6 Å². The average Bonchev–Trinajstić information content (AvgIpc) is 3.01. The number of alkyl halides is 3. The fraction of sp³-hybridized carbons (Fsp3) is 0.440. The van der Waals surface area contributed by atoms with E-state index in [9.17, 15) is 41.6 Å². The molecule has 2 aromatic carbocycles. The summed E-state index contributed by atoms with van der Waals surface area (Å²) in [6.45, 7) is 4.85. The number of nitrogens with zero attached hydrogens (tertiary/aromatic N) is 1. The first-order valence-electron chi connectivity index (χ1n) is 11.6. The van der Waals surface area contributed by atoms with Crippen molar-refractivity contribution in [3.63, 3.8) is 0 Å². The third-order valence-corrected chi connectivity index (χ3v) is 7.08. The molecule has 2 aromatic rings. The highest BCUT2D eigenvalue weighted by Gasteiger charge is 2.57. The molecular formula is C25H27F5N2O6S. The minimum absolute atomic E-state index is 0.0474. The lowest BCUT2D eigenvalue weighted by Gasteiger charge is -2.38. The maximum absolute atomic E-state index is 15.7. The predicted molar refractivity (Wildman–Crippen MR) is 130 cm³/mol. The van der Waals surface area contributed by atoms with Gasteiger partial charge in [0.05, 0.1) is 6.04 Å². The molecule has 3 N–H and O–H groups in total. The summed E-state index contributed by atoms with van der Waals surface area (Å²) in [4.78, 5) is 25.3. The van der Waals surface area contributed by atoms with E-state index in [1.165, 1.54) is 30.3 Å². The standard InChI is InChI=1S/C25H27F5N2O6S/c1-13-8-16(10-17(26)9-13)18-7-5-6-15(21(18)27)11-20-19(31-39(37)25(28,29)30)12-24(35,36)32(20)22(34)23(3,4)38-14(2)33/h5-10,19-20,31,35-36H,11-12H2,1-4H3. The van der Waals surface area contributed by atoms with E-state index in [0.29, 0.717) is 10.5 Å². The van der Waals surface area contributed by atoms with E-state index in [2.05, 4.69) is 0 Å². The lowest BCUT2D eigenvalue weighted by Crippen LogP contribution is -2.59. The van der Waals surface area contributed by atoms with Gasteiger partial charge in [-0.15, -0.1) is 0 Å². The van der Waals surface area contributed by atoms with E-state index in [0.717, 1.165) is 26.8 Å². The summed E-state index contributed by atoms with van der Waals surface area (Å²) in [5.74, 6) is -6.70. The first kappa shape index (κ1) is 30.6. The summed E-state index contributed by atoms with van der Waals surface area (Å²) in [7, 11) is -3.67. The molecule has 0 bridgehead atoms. The normalized spacial score (nSPS) is 20.1. The van der Waals surface area contributed by atoms with Crippen molar-refractivity contribution in [2.45, 2.75) is 69.6 Å². The van der Waals surface area contributed by atoms with Crippen LogP contribution in [0.4, 0.5) is 22.0 Å². The van der Waals surface area contributed by atoms with Crippen LogP contribution < -0.4 is 4.72 Å². The molecule has 3 rings (SSSR count). The van der Waals surface area contributed by atoms with Crippen molar-refractivity contribution in [3.05, 3.63) is 59.2 Å². The Morgan fingerprint density at radius 3 is 2.38 bits per heavy atom. The quantitative estimate of drug-likeness (QED) is 0.264. The summed E-state index contributed by atoms with van der Waals surface area (Å²) < 4.78 is 87.5. The molecule has 0 saturated carbocycles. The van der Waals surface area contributed by atoms with E-state index in [4.69, 9.17) is 4.74 Å². The molecule has 14 heteroatoms. The van der Waals surface area contributed by atoms with E-state index in [1.807, 2.05) is 0 Å². The fourth-order valence-corrected chi connectivity index (χ4v) is 5.27. The molecule has 0 radical (unpaired) electrons. The van der Waals surface area contributed by atoms with Crippen LogP contribution in [-0.4, -0.2) is 60.3 Å². The largest absolute Gasteiger partial charge is 0.485 e. The molecule has 3 atom stereocenters. The SMILES string of the molecule is CC(=O)OC(C)(C)C(=O)N1C(Cc2cccc(-c3cc(C)cc(F)c3)c2F)C(NS(=O)C(F)(F)F)CC1(O)O. The lowest BCUT2D eigenvalue weighted by atomic mass is 9.95. The molecule has 1 saturated heterocycles. The van der Waals surface area contributed by atoms with Crippen LogP contribution in [0.2, 0.25) is 0 Å². The summed E-state index contributed by atoms with van der Waals surface area (Å²) in [5.41, 5.74) is -6.77. The van der Waals surface area contributed by atoms with Gasteiger partial charge in [-0.05, 0) is 56.0 Å². The Kier molecular flexibility index (Phi) is 8.56. The number of esters is 1. The molecule has 39 heavy (non-hydrogen) atoms. The number of aryl methyl sites for hydroxylation is 1. The van der Waals surface area contributed by atoms with Crippen molar-refractivity contribution in [2.75, 3.05) is 0 Å². The Morgan fingerprint density at radius 1 is 1.18 bits per heavy atom. The van der Waals surface area contributed by atoms with Crippen molar-refractivity contribution >= 4 is 22.9 Å². The van der Waals surface area contributed by atoms with E-state index < -0.39 is 76.4 Å². The van der Waals surface area contributed by atoms with Crippen LogP contribution in [0.5, 0.6) is 0 Å². The third-order valence-electron chi connectivity index (χ3n) is 6.14. The Morgan fingerprint density at radius 2 is 1.82 bits per heavy atom. The number of carbonyl (C=O) groups is 2. The van der Waals surface area contributed by atoms with Gasteiger partial charge in [-0.25, -0.2) is 17.7 Å². The van der Waals surface area contributed by atoms with Crippen molar-refractivity contribution < 1.29 is 50.7 Å². The van der Waals surface area contributed by atoms with Gasteiger partial charge in [-0.2, -0.15) is 13.2 Å². The summed E-state index contributed by atoms with van der Waals surface area (Å²) in [6.07, 6.45) is -1.52. The molecule has 0 spiro atoms. The average molecular weight is 579 g/mol. The first-order chi connectivity index (χ1) is 17.8. The Labute approximate surface area is 223 Å². The van der Waals surface area contributed by atoms with Gasteiger partial charge in [-0.3, -0.25) is 14.5 Å². The zero-order valence-corrected chi connectivity index (χ0v) is 22.1. The molecule has 1 heterocycles. The number of hydrogen-bond donors (Lipinski definition) is 3. The van der Waals surface area contributed by atoms with Crippen LogP contribution in [0.1, 0.15) is 38.3 Å². The number of ether oxygens (including phenoxy) is 1. The van der Waals surface area contributed by atoms with Gasteiger partial charge in [-0.1, -0.05) is 24.3 Å². The van der Waals surface area contributed by atoms with Crippen LogP contribution in [0, 0.1) is 18.6 Å². The minimum Gasteiger partial charge on any atom is -0.450 e. The molecule has 214 valence electrons. The molecular weight excluding hydrogens is 551 g/mol. The van der Waals surface area contributed by atoms with Gasteiger partial charge >= 0.3 is 11.5 Å². The van der Waals surface area contributed by atoms with Crippen molar-refractivity contribution in [1.29, 1.82) is 0 Å². The van der Waals surface area contributed by atoms with Crippen molar-refractivity contribution in [1.82, 2.24) is 9.62 Å². The van der Waals surface area contributed by atoms with Crippen LogP contribution >= 0.6 is 0 Å². The lowest BCUT2D eigenvalue weighted by molar-refractivity contribution is -0.253. The highest BCUT2D eigenvalue weighted by atomic mass is 32.2. The zero-order valence-electron chi connectivity index (χ0n) is 21.3. The molecule has 3 unspecified atom stereocenters. The van der Waals surface area contributed by atoms with Gasteiger partial charge in [0, 0.05) is 24.9 Å². The first-order valence-corrected chi connectivity index (χ1v) is 12.8. The topological polar surface area (TPSA) is 116 Å². The number of likely N-dealkylation sites (tertiary alicyclic amines) is 1. The number of aliphatic hydroxyl groups is 2. The van der Waals surface area contributed by atoms with Crippen LogP contribution in [0.3, 0.4) is 0 Å². The second kappa shape index (κ2) is 10.9. The number of hydrogen-bond acceptors (Lipinski definition) is 6. The van der Waals surface area contributed by atoms with Crippen molar-refractivity contribution in [2.24, 2.45) is 0 Å². The van der Waals surface area contributed by atoms with Gasteiger partial charge in [0.2, 0.25) is 0 Å². The summed E-state index contributed by atoms with van der Waals surface area (Å²) in [5, 5.41) is 21.4. The second-order valence-electron chi connectivity index (χ2n) is 9.76. The number of rotatable bonds is 7. The monoisotopic (exact) mass is 578 g/mol. The van der Waals surface area contributed by atoms with Crippen LogP contribution in [0.25, 0.3) is 11.1 Å². The predicted octanol–water partition coefficient (Wildman–Crippen LogP) is 3.21. The number of amides is 1. The number of halogens is 5. The molecule has 1 aliphatic heterocycles. The molecule has 8 nitrogen and oxygen atoms in total. The van der Waals surface area contributed by atoms with Crippen LogP contribution in [0.15, 0.2) is 36.4 Å². The Bertz CT molecular complexity index is 1280. The molecule has 0 aliphatic carbocycles. The van der Waals surface area contributed by atoms with Gasteiger partial charge in [0.15, 0.2) is 16.6 Å². The smallest absolute Gasteiger partial charge is 0.450 e. The van der Waals surface area contributed by atoms with E-state index in [-0.39, 0.29) is 16.7 Å². The maximum Gasteiger partial charge on any atom is 0.485 e. The highest BCUT2D eigenvalue weighted by Crippen LogP contribution is 2.37. The van der Waals surface area contributed by atoms with Crippen LogP contribution in [-0.2, 0) is 31.7 Å². The van der Waals surface area contributed by atoms with Gasteiger partial charge in [0.25, 0.3) is 11.8 Å². The third kappa shape index (κ3) is 6.80. The second-order valence-corrected chi connectivity index (χ2v) is 11.0. The minimum atomic E-state index is -5.23. The maximum atomic E-state index is 15.7. The summed E-state index contributed by atoms with van der Waals surface area (Å²) >= 11 is 0. The number of benzene rings is 2. The Hall–Kier alpha value is -2.94. The zero-order chi connectivity index (χ0) is 29.5.